The first-order chi connectivity index (χ1) is 9.02. The SMILES string of the molecule is CCC(C)n1ccc(CC(=O)C(CC)(CC)CN)n1. The van der Waals surface area contributed by atoms with Crippen molar-refractivity contribution >= 4 is 5.78 Å². The highest BCUT2D eigenvalue weighted by molar-refractivity contribution is 5.86. The van der Waals surface area contributed by atoms with Gasteiger partial charge in [-0.05, 0) is 32.3 Å². The Morgan fingerprint density at radius 3 is 2.53 bits per heavy atom. The van der Waals surface area contributed by atoms with Gasteiger partial charge in [-0.2, -0.15) is 5.10 Å². The molecule has 0 aliphatic heterocycles. The highest BCUT2D eigenvalue weighted by Gasteiger charge is 2.33. The number of Topliss-reactive ketones (excluding diaryl/α,β-unsaturated/α-hetero) is 1. The van der Waals surface area contributed by atoms with Gasteiger partial charge in [-0.15, -0.1) is 0 Å². The first-order valence-corrected chi connectivity index (χ1v) is 7.30. The molecular formula is C15H27N3O. The van der Waals surface area contributed by atoms with E-state index in [2.05, 4.69) is 18.9 Å². The van der Waals surface area contributed by atoms with Gasteiger partial charge in [-0.25, -0.2) is 0 Å². The van der Waals surface area contributed by atoms with E-state index < -0.39 is 0 Å². The van der Waals surface area contributed by atoms with Gasteiger partial charge in [0.1, 0.15) is 5.78 Å². The predicted octanol–water partition coefficient (Wildman–Crippen LogP) is 2.73. The summed E-state index contributed by atoms with van der Waals surface area (Å²) in [6.07, 6.45) is 4.97. The molecule has 0 aliphatic rings. The Balaban J connectivity index is 2.79. The maximum absolute atomic E-state index is 12.4. The van der Waals surface area contributed by atoms with E-state index in [1.54, 1.807) is 0 Å². The zero-order chi connectivity index (χ0) is 14.5. The summed E-state index contributed by atoms with van der Waals surface area (Å²) in [6.45, 7) is 8.74. The third-order valence-corrected chi connectivity index (χ3v) is 4.38. The molecule has 4 heteroatoms. The summed E-state index contributed by atoms with van der Waals surface area (Å²) in [6, 6.07) is 2.32. The fourth-order valence-corrected chi connectivity index (χ4v) is 2.30. The van der Waals surface area contributed by atoms with E-state index in [0.717, 1.165) is 25.0 Å². The Morgan fingerprint density at radius 1 is 1.42 bits per heavy atom. The Bertz CT molecular complexity index is 399. The largest absolute Gasteiger partial charge is 0.329 e. The van der Waals surface area contributed by atoms with Gasteiger partial charge in [-0.1, -0.05) is 20.8 Å². The van der Waals surface area contributed by atoms with Crippen LogP contribution in [-0.4, -0.2) is 22.1 Å². The summed E-state index contributed by atoms with van der Waals surface area (Å²) in [5.74, 6) is 0.217. The molecule has 0 saturated carbocycles. The number of carbonyl (C=O) groups is 1. The highest BCUT2D eigenvalue weighted by atomic mass is 16.1. The van der Waals surface area contributed by atoms with Crippen LogP contribution in [-0.2, 0) is 11.2 Å². The molecule has 0 aliphatic carbocycles. The molecular weight excluding hydrogens is 238 g/mol. The van der Waals surface area contributed by atoms with Gasteiger partial charge in [0.15, 0.2) is 0 Å². The standard InChI is InChI=1S/C15H27N3O/c1-5-12(4)18-9-8-13(17-18)10-14(19)15(6-2,7-3)11-16/h8-9,12H,5-7,10-11,16H2,1-4H3. The number of hydrogen-bond donors (Lipinski definition) is 1. The fourth-order valence-electron chi connectivity index (χ4n) is 2.30. The van der Waals surface area contributed by atoms with Gasteiger partial charge >= 0.3 is 0 Å². The van der Waals surface area contributed by atoms with Gasteiger partial charge in [0.25, 0.3) is 0 Å². The van der Waals surface area contributed by atoms with Crippen molar-refractivity contribution in [3.63, 3.8) is 0 Å². The van der Waals surface area contributed by atoms with E-state index in [-0.39, 0.29) is 11.2 Å². The van der Waals surface area contributed by atoms with Crippen LogP contribution >= 0.6 is 0 Å². The van der Waals surface area contributed by atoms with Crippen LogP contribution in [0, 0.1) is 5.41 Å². The lowest BCUT2D eigenvalue weighted by Crippen LogP contribution is -2.38. The topological polar surface area (TPSA) is 60.9 Å². The van der Waals surface area contributed by atoms with E-state index in [0.29, 0.717) is 19.0 Å². The summed E-state index contributed by atoms with van der Waals surface area (Å²) in [7, 11) is 0. The van der Waals surface area contributed by atoms with Crippen molar-refractivity contribution in [1.82, 2.24) is 9.78 Å². The summed E-state index contributed by atoms with van der Waals surface area (Å²) in [5.41, 5.74) is 6.29. The Hall–Kier alpha value is -1.16. The molecule has 1 aromatic heterocycles. The van der Waals surface area contributed by atoms with Crippen molar-refractivity contribution in [3.8, 4) is 0 Å². The molecule has 0 saturated heterocycles. The number of rotatable bonds is 8. The van der Waals surface area contributed by atoms with Crippen LogP contribution < -0.4 is 5.73 Å². The van der Waals surface area contributed by atoms with E-state index >= 15 is 0 Å². The number of aromatic nitrogens is 2. The molecule has 19 heavy (non-hydrogen) atoms. The zero-order valence-electron chi connectivity index (χ0n) is 12.6. The minimum absolute atomic E-state index is 0.217. The predicted molar refractivity (Wildman–Crippen MR) is 78.0 cm³/mol. The minimum atomic E-state index is -0.375. The first kappa shape index (κ1) is 15.9. The van der Waals surface area contributed by atoms with E-state index in [1.807, 2.05) is 30.8 Å². The van der Waals surface area contributed by atoms with Crippen LogP contribution in [0.5, 0.6) is 0 Å². The summed E-state index contributed by atoms with van der Waals surface area (Å²) in [4.78, 5) is 12.4. The second kappa shape index (κ2) is 6.85. The maximum atomic E-state index is 12.4. The van der Waals surface area contributed by atoms with Gasteiger partial charge in [-0.3, -0.25) is 9.48 Å². The molecule has 0 fully saturated rings. The lowest BCUT2D eigenvalue weighted by atomic mass is 9.77. The van der Waals surface area contributed by atoms with Crippen LogP contribution in [0.25, 0.3) is 0 Å². The minimum Gasteiger partial charge on any atom is -0.329 e. The molecule has 1 rings (SSSR count). The van der Waals surface area contributed by atoms with Gasteiger partial charge in [0, 0.05) is 24.2 Å². The van der Waals surface area contributed by atoms with Gasteiger partial charge in [0.2, 0.25) is 0 Å². The molecule has 1 unspecified atom stereocenters. The normalized spacial score (nSPS) is 13.5. The second-order valence-electron chi connectivity index (χ2n) is 5.34. The van der Waals surface area contributed by atoms with Crippen molar-refractivity contribution in [2.45, 2.75) is 59.4 Å². The number of nitrogens with zero attached hydrogens (tertiary/aromatic N) is 2. The number of ketones is 1. The fraction of sp³-hybridized carbons (Fsp3) is 0.733. The molecule has 0 spiro atoms. The van der Waals surface area contributed by atoms with Gasteiger partial charge < -0.3 is 5.73 Å². The third-order valence-electron chi connectivity index (χ3n) is 4.38. The summed E-state index contributed by atoms with van der Waals surface area (Å²) < 4.78 is 1.94. The lowest BCUT2D eigenvalue weighted by molar-refractivity contribution is -0.128. The molecule has 2 N–H and O–H groups in total. The van der Waals surface area contributed by atoms with Crippen molar-refractivity contribution < 1.29 is 4.79 Å². The smallest absolute Gasteiger partial charge is 0.146 e. The van der Waals surface area contributed by atoms with Crippen LogP contribution in [0.2, 0.25) is 0 Å². The van der Waals surface area contributed by atoms with E-state index in [1.165, 1.54) is 0 Å². The summed E-state index contributed by atoms with van der Waals surface area (Å²) >= 11 is 0. The molecule has 0 aromatic carbocycles. The Morgan fingerprint density at radius 2 is 2.05 bits per heavy atom. The second-order valence-corrected chi connectivity index (χ2v) is 5.34. The number of nitrogens with two attached hydrogens (primary N) is 1. The lowest BCUT2D eigenvalue weighted by Gasteiger charge is -2.28. The molecule has 1 atom stereocenters. The quantitative estimate of drug-likeness (QED) is 0.786. The van der Waals surface area contributed by atoms with Crippen LogP contribution in [0.1, 0.15) is 58.7 Å². The van der Waals surface area contributed by atoms with E-state index in [9.17, 15) is 4.79 Å². The summed E-state index contributed by atoms with van der Waals surface area (Å²) in [5, 5.41) is 4.49. The Labute approximate surface area is 116 Å². The highest BCUT2D eigenvalue weighted by Crippen LogP contribution is 2.27. The molecule has 108 valence electrons. The monoisotopic (exact) mass is 265 g/mol. The molecule has 1 aromatic rings. The average Bonchev–Trinajstić information content (AvgIpc) is 2.89. The van der Waals surface area contributed by atoms with Crippen molar-refractivity contribution in [2.24, 2.45) is 11.1 Å². The molecule has 0 amide bonds. The first-order valence-electron chi connectivity index (χ1n) is 7.30. The zero-order valence-corrected chi connectivity index (χ0v) is 12.6. The third kappa shape index (κ3) is 3.44. The Kier molecular flexibility index (Phi) is 5.73. The van der Waals surface area contributed by atoms with Crippen LogP contribution in [0.4, 0.5) is 0 Å². The average molecular weight is 265 g/mol. The number of carbonyl (C=O) groups excluding carboxylic acids is 1. The molecule has 4 nitrogen and oxygen atoms in total. The van der Waals surface area contributed by atoms with Crippen molar-refractivity contribution in [1.29, 1.82) is 0 Å². The van der Waals surface area contributed by atoms with E-state index in [4.69, 9.17) is 5.73 Å². The molecule has 0 bridgehead atoms. The number of hydrogen-bond acceptors (Lipinski definition) is 3. The van der Waals surface area contributed by atoms with Gasteiger partial charge in [0.05, 0.1) is 12.1 Å². The van der Waals surface area contributed by atoms with Crippen molar-refractivity contribution in [2.75, 3.05) is 6.54 Å². The maximum Gasteiger partial charge on any atom is 0.146 e. The van der Waals surface area contributed by atoms with Crippen molar-refractivity contribution in [3.05, 3.63) is 18.0 Å². The molecule has 1 heterocycles. The van der Waals surface area contributed by atoms with Crippen LogP contribution in [0.3, 0.4) is 0 Å². The molecule has 0 radical (unpaired) electrons. The van der Waals surface area contributed by atoms with Crippen LogP contribution in [0.15, 0.2) is 12.3 Å².